The highest BCUT2D eigenvalue weighted by Gasteiger charge is 2.21. The number of benzene rings is 2. The molecule has 2 aromatic rings. The van der Waals surface area contributed by atoms with Crippen LogP contribution in [-0.4, -0.2) is 67.6 Å². The summed E-state index contributed by atoms with van der Waals surface area (Å²) in [6.07, 6.45) is 0.810. The van der Waals surface area contributed by atoms with Gasteiger partial charge in [-0.15, -0.1) is 0 Å². The van der Waals surface area contributed by atoms with Crippen LogP contribution in [0.2, 0.25) is 0 Å². The quantitative estimate of drug-likeness (QED) is 0.818. The molecule has 1 fully saturated rings. The molecule has 1 heterocycles. The van der Waals surface area contributed by atoms with Crippen molar-refractivity contribution in [2.75, 3.05) is 45.8 Å². The van der Waals surface area contributed by atoms with E-state index in [-0.39, 0.29) is 11.9 Å². The first-order valence-corrected chi connectivity index (χ1v) is 9.66. The molecular formula is C21H28N4O2. The Kier molecular flexibility index (Phi) is 6.65. The van der Waals surface area contributed by atoms with Crippen LogP contribution < -0.4 is 10.6 Å². The maximum absolute atomic E-state index is 12.4. The molecule has 0 unspecified atom stereocenters. The topological polar surface area (TPSA) is 64.7 Å². The van der Waals surface area contributed by atoms with Gasteiger partial charge in [-0.05, 0) is 29.7 Å². The smallest absolute Gasteiger partial charge is 0.317 e. The molecule has 0 saturated carbocycles. The molecular weight excluding hydrogens is 340 g/mol. The molecule has 1 saturated heterocycles. The van der Waals surface area contributed by atoms with E-state index in [9.17, 15) is 9.59 Å². The lowest BCUT2D eigenvalue weighted by Gasteiger charge is -2.34. The summed E-state index contributed by atoms with van der Waals surface area (Å²) in [4.78, 5) is 28.0. The first-order chi connectivity index (χ1) is 13.2. The van der Waals surface area contributed by atoms with Gasteiger partial charge in [-0.3, -0.25) is 9.69 Å². The first-order valence-electron chi connectivity index (χ1n) is 9.66. The third kappa shape index (κ3) is 5.20. The fourth-order valence-corrected chi connectivity index (χ4v) is 3.49. The Balaban J connectivity index is 1.43. The second-order valence-electron chi connectivity index (χ2n) is 6.84. The predicted octanol–water partition coefficient (Wildman–Crippen LogP) is 1.85. The highest BCUT2D eigenvalue weighted by molar-refractivity contribution is 5.85. The van der Waals surface area contributed by atoms with Crippen LogP contribution in [0.25, 0.3) is 10.8 Å². The minimum Gasteiger partial charge on any atom is -0.355 e. The lowest BCUT2D eigenvalue weighted by Crippen LogP contribution is -2.53. The number of nitrogens with one attached hydrogen (secondary N) is 2. The number of rotatable bonds is 6. The molecule has 2 aromatic carbocycles. The van der Waals surface area contributed by atoms with E-state index in [1.165, 1.54) is 16.3 Å². The zero-order valence-corrected chi connectivity index (χ0v) is 15.9. The van der Waals surface area contributed by atoms with Crippen molar-refractivity contribution in [3.05, 3.63) is 48.0 Å². The zero-order valence-electron chi connectivity index (χ0n) is 15.9. The Morgan fingerprint density at radius 3 is 2.48 bits per heavy atom. The van der Waals surface area contributed by atoms with E-state index >= 15 is 0 Å². The average molecular weight is 368 g/mol. The van der Waals surface area contributed by atoms with Crippen LogP contribution >= 0.6 is 0 Å². The highest BCUT2D eigenvalue weighted by Crippen LogP contribution is 2.18. The monoisotopic (exact) mass is 368 g/mol. The summed E-state index contributed by atoms with van der Waals surface area (Å²) in [7, 11) is 0. The molecule has 2 N–H and O–H groups in total. The summed E-state index contributed by atoms with van der Waals surface area (Å²) in [6.45, 7) is 6.35. The predicted molar refractivity (Wildman–Crippen MR) is 108 cm³/mol. The van der Waals surface area contributed by atoms with Gasteiger partial charge in [0.2, 0.25) is 5.91 Å². The standard InChI is InChI=1S/C21H28N4O2/c1-2-22-20(26)16-24-12-14-25(15-13-24)21(27)23-11-10-18-8-5-7-17-6-3-4-9-19(17)18/h3-9H,2,10-16H2,1H3,(H,22,26)(H,23,27). The van der Waals surface area contributed by atoms with Crippen molar-refractivity contribution in [3.8, 4) is 0 Å². The van der Waals surface area contributed by atoms with Gasteiger partial charge in [0.1, 0.15) is 0 Å². The fourth-order valence-electron chi connectivity index (χ4n) is 3.49. The Bertz CT molecular complexity index is 779. The number of hydrogen-bond donors (Lipinski definition) is 2. The molecule has 1 aliphatic rings. The van der Waals surface area contributed by atoms with Gasteiger partial charge >= 0.3 is 6.03 Å². The molecule has 6 nitrogen and oxygen atoms in total. The average Bonchev–Trinajstić information content (AvgIpc) is 2.69. The molecule has 3 rings (SSSR count). The number of fused-ring (bicyclic) bond motifs is 1. The summed E-state index contributed by atoms with van der Waals surface area (Å²) >= 11 is 0. The maximum atomic E-state index is 12.4. The number of piperazine rings is 1. The van der Waals surface area contributed by atoms with E-state index in [0.29, 0.717) is 32.7 Å². The number of likely N-dealkylation sites (N-methyl/N-ethyl adjacent to an activating group) is 1. The second-order valence-corrected chi connectivity index (χ2v) is 6.84. The van der Waals surface area contributed by atoms with Crippen LogP contribution in [0, 0.1) is 0 Å². The largest absolute Gasteiger partial charge is 0.355 e. The van der Waals surface area contributed by atoms with Crippen LogP contribution in [0.3, 0.4) is 0 Å². The van der Waals surface area contributed by atoms with Crippen LogP contribution in [0.1, 0.15) is 12.5 Å². The van der Waals surface area contributed by atoms with Crippen molar-refractivity contribution < 1.29 is 9.59 Å². The molecule has 0 spiro atoms. The molecule has 3 amide bonds. The minimum absolute atomic E-state index is 0.0205. The Hall–Kier alpha value is -2.60. The maximum Gasteiger partial charge on any atom is 0.317 e. The Labute approximate surface area is 160 Å². The number of hydrogen-bond acceptors (Lipinski definition) is 3. The number of carbonyl (C=O) groups is 2. The molecule has 144 valence electrons. The number of urea groups is 1. The van der Waals surface area contributed by atoms with Gasteiger partial charge in [-0.1, -0.05) is 42.5 Å². The van der Waals surface area contributed by atoms with E-state index < -0.39 is 0 Å². The number of nitrogens with zero attached hydrogens (tertiary/aromatic N) is 2. The highest BCUT2D eigenvalue weighted by atomic mass is 16.2. The van der Waals surface area contributed by atoms with E-state index in [1.807, 2.05) is 24.0 Å². The van der Waals surface area contributed by atoms with Crippen molar-refractivity contribution in [2.24, 2.45) is 0 Å². The van der Waals surface area contributed by atoms with Gasteiger partial charge in [-0.25, -0.2) is 4.79 Å². The molecule has 0 aromatic heterocycles. The van der Waals surface area contributed by atoms with Crippen LogP contribution in [0.4, 0.5) is 4.79 Å². The molecule has 0 radical (unpaired) electrons. The second kappa shape index (κ2) is 9.37. The van der Waals surface area contributed by atoms with E-state index in [4.69, 9.17) is 0 Å². The molecule has 1 aliphatic heterocycles. The summed E-state index contributed by atoms with van der Waals surface area (Å²) in [5.74, 6) is 0.0467. The lowest BCUT2D eigenvalue weighted by molar-refractivity contribution is -0.122. The fraction of sp³-hybridized carbons (Fsp3) is 0.429. The molecule has 27 heavy (non-hydrogen) atoms. The van der Waals surface area contributed by atoms with Crippen molar-refractivity contribution in [1.29, 1.82) is 0 Å². The first kappa shape index (κ1) is 19.2. The van der Waals surface area contributed by atoms with Crippen molar-refractivity contribution in [3.63, 3.8) is 0 Å². The van der Waals surface area contributed by atoms with Gasteiger partial charge in [0.05, 0.1) is 6.54 Å². The van der Waals surface area contributed by atoms with Crippen LogP contribution in [0.5, 0.6) is 0 Å². The number of amides is 3. The van der Waals surface area contributed by atoms with Gasteiger partial charge in [-0.2, -0.15) is 0 Å². The van der Waals surface area contributed by atoms with E-state index in [2.05, 4.69) is 45.9 Å². The summed E-state index contributed by atoms with van der Waals surface area (Å²) in [6, 6.07) is 14.6. The van der Waals surface area contributed by atoms with Crippen molar-refractivity contribution in [2.45, 2.75) is 13.3 Å². The van der Waals surface area contributed by atoms with E-state index in [1.54, 1.807) is 0 Å². The lowest BCUT2D eigenvalue weighted by atomic mass is 10.0. The van der Waals surface area contributed by atoms with Crippen molar-refractivity contribution in [1.82, 2.24) is 20.4 Å². The zero-order chi connectivity index (χ0) is 19.1. The molecule has 0 atom stereocenters. The van der Waals surface area contributed by atoms with Gasteiger partial charge in [0.15, 0.2) is 0 Å². The third-order valence-corrected chi connectivity index (χ3v) is 4.95. The van der Waals surface area contributed by atoms with Gasteiger partial charge in [0.25, 0.3) is 0 Å². The Morgan fingerprint density at radius 1 is 0.963 bits per heavy atom. The van der Waals surface area contributed by atoms with Crippen molar-refractivity contribution >= 4 is 22.7 Å². The van der Waals surface area contributed by atoms with Gasteiger partial charge < -0.3 is 15.5 Å². The Morgan fingerprint density at radius 2 is 1.70 bits per heavy atom. The third-order valence-electron chi connectivity index (χ3n) is 4.95. The van der Waals surface area contributed by atoms with Crippen LogP contribution in [-0.2, 0) is 11.2 Å². The molecule has 0 bridgehead atoms. The van der Waals surface area contributed by atoms with E-state index in [0.717, 1.165) is 19.5 Å². The SMILES string of the molecule is CCNC(=O)CN1CCN(C(=O)NCCc2cccc3ccccc23)CC1. The van der Waals surface area contributed by atoms with Gasteiger partial charge in [0, 0.05) is 39.3 Å². The normalized spacial score (nSPS) is 14.9. The summed E-state index contributed by atoms with van der Waals surface area (Å²) in [5.41, 5.74) is 1.25. The summed E-state index contributed by atoms with van der Waals surface area (Å²) in [5, 5.41) is 8.31. The molecule has 6 heteroatoms. The van der Waals surface area contributed by atoms with Crippen LogP contribution in [0.15, 0.2) is 42.5 Å². The number of carbonyl (C=O) groups excluding carboxylic acids is 2. The summed E-state index contributed by atoms with van der Waals surface area (Å²) < 4.78 is 0. The minimum atomic E-state index is -0.0205. The molecule has 0 aliphatic carbocycles.